The number of anilines is 1. The molecule has 5 rings (SSSR count). The Hall–Kier alpha value is -3.60. The summed E-state index contributed by atoms with van der Waals surface area (Å²) in [6.07, 6.45) is 2.58. The number of aromatic nitrogens is 6. The van der Waals surface area contributed by atoms with Gasteiger partial charge < -0.3 is 20.3 Å². The van der Waals surface area contributed by atoms with E-state index in [1.165, 1.54) is 0 Å². The maximum Gasteiger partial charge on any atom is 0.297 e. The van der Waals surface area contributed by atoms with Crippen LogP contribution in [0.3, 0.4) is 0 Å². The fraction of sp³-hybridized carbons (Fsp3) is 0.333. The lowest BCUT2D eigenvalue weighted by atomic mass is 10.1. The number of nitrogens with zero attached hydrogens (tertiary/aromatic N) is 6. The molecule has 4 heterocycles. The van der Waals surface area contributed by atoms with Crippen LogP contribution in [0.15, 0.2) is 28.8 Å². The molecule has 1 aliphatic heterocycles. The highest BCUT2D eigenvalue weighted by atomic mass is 16.5. The van der Waals surface area contributed by atoms with Crippen LogP contribution in [0.4, 0.5) is 5.95 Å². The van der Waals surface area contributed by atoms with E-state index in [1.54, 1.807) is 4.52 Å². The van der Waals surface area contributed by atoms with Crippen molar-refractivity contribution in [2.24, 2.45) is 0 Å². The Morgan fingerprint density at radius 3 is 3.00 bits per heavy atom. The predicted octanol–water partition coefficient (Wildman–Crippen LogP) is 0.900. The summed E-state index contributed by atoms with van der Waals surface area (Å²) in [5.41, 5.74) is 1.27. The van der Waals surface area contributed by atoms with Crippen molar-refractivity contribution in [1.29, 1.82) is 0 Å². The van der Waals surface area contributed by atoms with Crippen LogP contribution in [-0.2, 0) is 11.4 Å². The molecule has 1 atom stereocenters. The average Bonchev–Trinajstić information content (AvgIpc) is 3.35. The third-order valence-corrected chi connectivity index (χ3v) is 4.82. The highest BCUT2D eigenvalue weighted by Crippen LogP contribution is 2.24. The summed E-state index contributed by atoms with van der Waals surface area (Å²) in [6.45, 7) is 0.334. The largest absolute Gasteiger partial charge is 0.388 e. The van der Waals surface area contributed by atoms with Gasteiger partial charge in [-0.25, -0.2) is 9.97 Å². The van der Waals surface area contributed by atoms with Crippen LogP contribution in [0.25, 0.3) is 28.3 Å². The van der Waals surface area contributed by atoms with E-state index >= 15 is 0 Å². The molecule has 0 unspecified atom stereocenters. The van der Waals surface area contributed by atoms with Crippen molar-refractivity contribution in [3.63, 3.8) is 0 Å². The standard InChI is InChI=1S/C18H18N8O3/c27-9-13-22-17(29-25-13)14-23-15-10-5-1-2-6-11(10)20-18(26(15)24-14)21-12-7-3-4-8-19-16(12)28/h1-2,5-6,12,27H,3-4,7-9H2,(H,19,28)(H,20,21)/t12-/m1/s1. The van der Waals surface area contributed by atoms with E-state index in [0.29, 0.717) is 24.6 Å². The first-order valence-corrected chi connectivity index (χ1v) is 9.36. The normalized spacial score (nSPS) is 17.4. The van der Waals surface area contributed by atoms with Crippen LogP contribution in [-0.4, -0.2) is 53.3 Å². The van der Waals surface area contributed by atoms with Crippen LogP contribution in [0.5, 0.6) is 0 Å². The first-order chi connectivity index (χ1) is 14.2. The van der Waals surface area contributed by atoms with Crippen molar-refractivity contribution in [2.75, 3.05) is 11.9 Å². The van der Waals surface area contributed by atoms with Gasteiger partial charge in [0, 0.05) is 11.9 Å². The number of rotatable bonds is 4. The monoisotopic (exact) mass is 394 g/mol. The summed E-state index contributed by atoms with van der Waals surface area (Å²) in [6, 6.07) is 7.13. The summed E-state index contributed by atoms with van der Waals surface area (Å²) in [7, 11) is 0. The lowest BCUT2D eigenvalue weighted by Crippen LogP contribution is -2.38. The summed E-state index contributed by atoms with van der Waals surface area (Å²) in [4.78, 5) is 25.6. The van der Waals surface area contributed by atoms with Gasteiger partial charge in [0.05, 0.1) is 5.52 Å². The van der Waals surface area contributed by atoms with Gasteiger partial charge in [0.25, 0.3) is 5.89 Å². The Morgan fingerprint density at radius 2 is 2.14 bits per heavy atom. The van der Waals surface area contributed by atoms with Gasteiger partial charge in [0.2, 0.25) is 17.7 Å². The highest BCUT2D eigenvalue weighted by Gasteiger charge is 2.24. The average molecular weight is 394 g/mol. The summed E-state index contributed by atoms with van der Waals surface area (Å²) < 4.78 is 6.68. The summed E-state index contributed by atoms with van der Waals surface area (Å²) in [5.74, 6) is 0.802. The molecule has 0 bridgehead atoms. The fourth-order valence-corrected chi connectivity index (χ4v) is 3.38. The second-order valence-electron chi connectivity index (χ2n) is 6.78. The maximum atomic E-state index is 12.4. The molecule has 3 aromatic heterocycles. The van der Waals surface area contributed by atoms with Crippen molar-refractivity contribution in [3.8, 4) is 11.7 Å². The molecular weight excluding hydrogens is 376 g/mol. The molecule has 148 valence electrons. The molecule has 1 aromatic carbocycles. The first-order valence-electron chi connectivity index (χ1n) is 9.36. The molecule has 1 aliphatic rings. The molecule has 4 aromatic rings. The molecule has 29 heavy (non-hydrogen) atoms. The second-order valence-corrected chi connectivity index (χ2v) is 6.78. The Morgan fingerprint density at radius 1 is 1.24 bits per heavy atom. The molecular formula is C18H18N8O3. The maximum absolute atomic E-state index is 12.4. The first kappa shape index (κ1) is 17.5. The van der Waals surface area contributed by atoms with E-state index in [2.05, 4.69) is 35.8 Å². The number of carbonyl (C=O) groups excluding carboxylic acids is 1. The van der Waals surface area contributed by atoms with E-state index in [9.17, 15) is 4.79 Å². The number of carbonyl (C=O) groups is 1. The molecule has 3 N–H and O–H groups in total. The molecule has 0 saturated carbocycles. The van der Waals surface area contributed by atoms with Gasteiger partial charge in [0.1, 0.15) is 12.6 Å². The van der Waals surface area contributed by atoms with Gasteiger partial charge in [-0.05, 0) is 31.4 Å². The number of aliphatic hydroxyl groups excluding tert-OH is 1. The Kier molecular flexibility index (Phi) is 4.28. The van der Waals surface area contributed by atoms with Crippen LogP contribution in [0.2, 0.25) is 0 Å². The van der Waals surface area contributed by atoms with Crippen molar-refractivity contribution in [3.05, 3.63) is 30.1 Å². The minimum absolute atomic E-state index is 0.0598. The van der Waals surface area contributed by atoms with Gasteiger partial charge in [0.15, 0.2) is 11.5 Å². The predicted molar refractivity (Wildman–Crippen MR) is 102 cm³/mol. The number of aliphatic hydroxyl groups is 1. The minimum Gasteiger partial charge on any atom is -0.388 e. The van der Waals surface area contributed by atoms with Gasteiger partial charge in [-0.1, -0.05) is 17.3 Å². The zero-order chi connectivity index (χ0) is 19.8. The molecule has 11 heteroatoms. The van der Waals surface area contributed by atoms with Crippen LogP contribution in [0.1, 0.15) is 25.1 Å². The third-order valence-electron chi connectivity index (χ3n) is 4.82. The van der Waals surface area contributed by atoms with Gasteiger partial charge >= 0.3 is 0 Å². The van der Waals surface area contributed by atoms with Crippen LogP contribution >= 0.6 is 0 Å². The summed E-state index contributed by atoms with van der Waals surface area (Å²) in [5, 5.41) is 24.2. The van der Waals surface area contributed by atoms with Gasteiger partial charge in [-0.15, -0.1) is 5.10 Å². The fourth-order valence-electron chi connectivity index (χ4n) is 3.38. The Bertz CT molecular complexity index is 1200. The van der Waals surface area contributed by atoms with E-state index in [0.717, 1.165) is 23.7 Å². The molecule has 0 radical (unpaired) electrons. The van der Waals surface area contributed by atoms with E-state index in [4.69, 9.17) is 9.63 Å². The zero-order valence-corrected chi connectivity index (χ0v) is 15.4. The number of amides is 1. The molecule has 1 fully saturated rings. The minimum atomic E-state index is -0.411. The van der Waals surface area contributed by atoms with E-state index < -0.39 is 6.04 Å². The zero-order valence-electron chi connectivity index (χ0n) is 15.4. The van der Waals surface area contributed by atoms with Crippen molar-refractivity contribution in [1.82, 2.24) is 35.0 Å². The number of benzene rings is 1. The smallest absolute Gasteiger partial charge is 0.297 e. The number of fused-ring (bicyclic) bond motifs is 3. The molecule has 0 spiro atoms. The summed E-state index contributed by atoms with van der Waals surface area (Å²) >= 11 is 0. The number of nitrogens with one attached hydrogen (secondary N) is 2. The third kappa shape index (κ3) is 3.14. The van der Waals surface area contributed by atoms with Gasteiger partial charge in [-0.2, -0.15) is 9.50 Å². The molecule has 0 aliphatic carbocycles. The number of hydrogen-bond acceptors (Lipinski definition) is 9. The van der Waals surface area contributed by atoms with Crippen molar-refractivity contribution in [2.45, 2.75) is 31.9 Å². The molecule has 11 nitrogen and oxygen atoms in total. The van der Waals surface area contributed by atoms with Crippen molar-refractivity contribution >= 4 is 28.4 Å². The van der Waals surface area contributed by atoms with Crippen molar-refractivity contribution < 1.29 is 14.4 Å². The topological polar surface area (TPSA) is 143 Å². The Balaban J connectivity index is 1.64. The highest BCUT2D eigenvalue weighted by molar-refractivity contribution is 5.93. The van der Waals surface area contributed by atoms with Crippen LogP contribution in [0, 0.1) is 0 Å². The van der Waals surface area contributed by atoms with E-state index in [-0.39, 0.29) is 30.1 Å². The number of para-hydroxylation sites is 1. The lowest BCUT2D eigenvalue weighted by molar-refractivity contribution is -0.121. The Labute approximate surface area is 164 Å². The van der Waals surface area contributed by atoms with Gasteiger partial charge in [-0.3, -0.25) is 4.79 Å². The molecule has 1 saturated heterocycles. The second kappa shape index (κ2) is 7.09. The van der Waals surface area contributed by atoms with E-state index in [1.807, 2.05) is 24.3 Å². The lowest BCUT2D eigenvalue weighted by Gasteiger charge is -2.16. The quantitative estimate of drug-likeness (QED) is 0.460. The SMILES string of the molecule is O=C1NCCCC[C@H]1Nc1nc2ccccc2c2nc(-c3nc(CO)no3)nn12. The van der Waals surface area contributed by atoms with Crippen LogP contribution < -0.4 is 10.6 Å². The molecule has 1 amide bonds. The number of hydrogen-bond donors (Lipinski definition) is 3.